The van der Waals surface area contributed by atoms with Crippen LogP contribution in [0.1, 0.15) is 12.0 Å². The van der Waals surface area contributed by atoms with E-state index in [2.05, 4.69) is 0 Å². The number of halogens is 1. The van der Waals surface area contributed by atoms with Crippen LogP contribution in [0.25, 0.3) is 0 Å². The standard InChI is InChI=1S/C17H18ClNO4/c1-22-15(20)17(18)9-13-10-19(8-7-14(13)17)16(21)23-11-12-5-3-2-4-6-12/h2-8,13-14H,9-11H2,1H3/t13-,14+,17+/m0/s1. The summed E-state index contributed by atoms with van der Waals surface area (Å²) < 4.78 is 10.1. The first-order valence-corrected chi connectivity index (χ1v) is 7.85. The molecule has 0 bridgehead atoms. The molecule has 0 spiro atoms. The van der Waals surface area contributed by atoms with Crippen molar-refractivity contribution in [3.63, 3.8) is 0 Å². The summed E-state index contributed by atoms with van der Waals surface area (Å²) in [7, 11) is 1.33. The molecule has 2 aliphatic rings. The molecule has 122 valence electrons. The van der Waals surface area contributed by atoms with Crippen LogP contribution in [0.5, 0.6) is 0 Å². The molecule has 5 nitrogen and oxygen atoms in total. The SMILES string of the molecule is COC(=O)[C@@]1(Cl)C[C@H]2CN(C(=O)OCc3ccccc3)C=C[C@H]21. The Hall–Kier alpha value is -2.01. The highest BCUT2D eigenvalue weighted by Gasteiger charge is 2.59. The Morgan fingerprint density at radius 1 is 1.35 bits per heavy atom. The summed E-state index contributed by atoms with van der Waals surface area (Å²) in [6, 6.07) is 9.51. The van der Waals surface area contributed by atoms with Gasteiger partial charge >= 0.3 is 12.1 Å². The van der Waals surface area contributed by atoms with Gasteiger partial charge in [-0.25, -0.2) is 4.79 Å². The van der Waals surface area contributed by atoms with Crippen molar-refractivity contribution in [2.24, 2.45) is 11.8 Å². The van der Waals surface area contributed by atoms with Crippen LogP contribution in [0.4, 0.5) is 4.79 Å². The first-order valence-electron chi connectivity index (χ1n) is 7.47. The minimum atomic E-state index is -0.990. The molecule has 3 atom stereocenters. The average Bonchev–Trinajstić information content (AvgIpc) is 2.58. The number of hydrogen-bond donors (Lipinski definition) is 0. The van der Waals surface area contributed by atoms with Crippen molar-refractivity contribution in [1.29, 1.82) is 0 Å². The number of rotatable bonds is 3. The Balaban J connectivity index is 1.58. The summed E-state index contributed by atoms with van der Waals surface area (Å²) in [4.78, 5) is 24.4. The highest BCUT2D eigenvalue weighted by Crippen LogP contribution is 2.52. The molecule has 1 aliphatic heterocycles. The summed E-state index contributed by atoms with van der Waals surface area (Å²) in [5, 5.41) is 0. The molecule has 1 amide bonds. The number of fused-ring (bicyclic) bond motifs is 1. The Kier molecular flexibility index (Phi) is 4.31. The molecule has 1 fully saturated rings. The van der Waals surface area contributed by atoms with Gasteiger partial charge < -0.3 is 9.47 Å². The number of nitrogens with zero attached hydrogens (tertiary/aromatic N) is 1. The number of allylic oxidation sites excluding steroid dienone is 1. The lowest BCUT2D eigenvalue weighted by atomic mass is 9.62. The van der Waals surface area contributed by atoms with Gasteiger partial charge in [0.15, 0.2) is 0 Å². The summed E-state index contributed by atoms with van der Waals surface area (Å²) >= 11 is 6.34. The number of esters is 1. The van der Waals surface area contributed by atoms with Gasteiger partial charge in [0.05, 0.1) is 7.11 Å². The van der Waals surface area contributed by atoms with E-state index in [1.165, 1.54) is 12.0 Å². The molecule has 0 unspecified atom stereocenters. The molecule has 1 saturated carbocycles. The van der Waals surface area contributed by atoms with Gasteiger partial charge in [-0.3, -0.25) is 9.69 Å². The van der Waals surface area contributed by atoms with Gasteiger partial charge in [-0.2, -0.15) is 0 Å². The van der Waals surface area contributed by atoms with E-state index in [-0.39, 0.29) is 18.4 Å². The maximum absolute atomic E-state index is 12.1. The van der Waals surface area contributed by atoms with E-state index >= 15 is 0 Å². The Morgan fingerprint density at radius 3 is 2.74 bits per heavy atom. The highest BCUT2D eigenvalue weighted by molar-refractivity contribution is 6.35. The number of amides is 1. The number of ether oxygens (including phenoxy) is 2. The second kappa shape index (κ2) is 6.24. The van der Waals surface area contributed by atoms with Crippen LogP contribution in [-0.2, 0) is 20.9 Å². The molecular formula is C17H18ClNO4. The second-order valence-electron chi connectivity index (χ2n) is 5.88. The van der Waals surface area contributed by atoms with Crippen molar-refractivity contribution >= 4 is 23.7 Å². The third-order valence-electron chi connectivity index (χ3n) is 4.46. The first kappa shape index (κ1) is 15.9. The lowest BCUT2D eigenvalue weighted by Gasteiger charge is -2.50. The number of benzene rings is 1. The predicted molar refractivity (Wildman–Crippen MR) is 84.7 cm³/mol. The zero-order chi connectivity index (χ0) is 16.4. The van der Waals surface area contributed by atoms with Crippen molar-refractivity contribution in [3.8, 4) is 0 Å². The van der Waals surface area contributed by atoms with Crippen molar-refractivity contribution in [2.45, 2.75) is 17.9 Å². The first-order chi connectivity index (χ1) is 11.0. The Bertz CT molecular complexity index is 633. The fourth-order valence-electron chi connectivity index (χ4n) is 3.18. The number of carbonyl (C=O) groups is 2. The minimum absolute atomic E-state index is 0.102. The van der Waals surface area contributed by atoms with E-state index in [9.17, 15) is 9.59 Å². The maximum atomic E-state index is 12.1. The highest BCUT2D eigenvalue weighted by atomic mass is 35.5. The van der Waals surface area contributed by atoms with Crippen molar-refractivity contribution < 1.29 is 19.1 Å². The molecule has 1 heterocycles. The van der Waals surface area contributed by atoms with E-state index in [4.69, 9.17) is 21.1 Å². The minimum Gasteiger partial charge on any atom is -0.468 e. The van der Waals surface area contributed by atoms with Gasteiger partial charge in [0.25, 0.3) is 0 Å². The fourth-order valence-corrected chi connectivity index (χ4v) is 3.71. The number of carbonyl (C=O) groups excluding carboxylic acids is 2. The van der Waals surface area contributed by atoms with E-state index in [1.54, 1.807) is 12.3 Å². The number of hydrogen-bond acceptors (Lipinski definition) is 4. The molecule has 0 saturated heterocycles. The van der Waals surface area contributed by atoms with E-state index in [1.807, 2.05) is 30.3 Å². The molecule has 1 aromatic rings. The van der Waals surface area contributed by atoms with E-state index < -0.39 is 16.9 Å². The van der Waals surface area contributed by atoms with Crippen LogP contribution in [-0.4, -0.2) is 35.5 Å². The lowest BCUT2D eigenvalue weighted by Crippen LogP contribution is -2.59. The van der Waals surface area contributed by atoms with E-state index in [0.717, 1.165) is 5.56 Å². The summed E-state index contributed by atoms with van der Waals surface area (Å²) in [5.41, 5.74) is 0.939. The Labute approximate surface area is 139 Å². The molecular weight excluding hydrogens is 318 g/mol. The third-order valence-corrected chi connectivity index (χ3v) is 5.02. The monoisotopic (exact) mass is 335 g/mol. The molecule has 6 heteroatoms. The number of methoxy groups -OCH3 is 1. The van der Waals surface area contributed by atoms with Crippen LogP contribution < -0.4 is 0 Å². The van der Waals surface area contributed by atoms with Gasteiger partial charge in [0, 0.05) is 18.7 Å². The van der Waals surface area contributed by atoms with E-state index in [0.29, 0.717) is 13.0 Å². The van der Waals surface area contributed by atoms with Crippen molar-refractivity contribution in [2.75, 3.05) is 13.7 Å². The van der Waals surface area contributed by atoms with Gasteiger partial charge in [0.1, 0.15) is 11.5 Å². The largest absolute Gasteiger partial charge is 0.468 e. The van der Waals surface area contributed by atoms with Crippen molar-refractivity contribution in [3.05, 3.63) is 48.2 Å². The molecule has 0 aromatic heterocycles. The number of alkyl halides is 1. The zero-order valence-corrected chi connectivity index (χ0v) is 13.5. The summed E-state index contributed by atoms with van der Waals surface area (Å²) in [6.07, 6.45) is 3.55. The van der Waals surface area contributed by atoms with Crippen LogP contribution >= 0.6 is 11.6 Å². The van der Waals surface area contributed by atoms with Gasteiger partial charge in [-0.1, -0.05) is 36.4 Å². The topological polar surface area (TPSA) is 55.8 Å². The van der Waals surface area contributed by atoms with Crippen molar-refractivity contribution in [1.82, 2.24) is 4.90 Å². The van der Waals surface area contributed by atoms with Gasteiger partial charge in [-0.05, 0) is 17.9 Å². The van der Waals surface area contributed by atoms with Crippen LogP contribution in [0.2, 0.25) is 0 Å². The smallest absolute Gasteiger partial charge is 0.414 e. The summed E-state index contributed by atoms with van der Waals surface area (Å²) in [6.45, 7) is 0.736. The normalized spacial score (nSPS) is 28.5. The second-order valence-corrected chi connectivity index (χ2v) is 6.55. The molecule has 23 heavy (non-hydrogen) atoms. The quantitative estimate of drug-likeness (QED) is 0.629. The zero-order valence-electron chi connectivity index (χ0n) is 12.8. The van der Waals surface area contributed by atoms with Crippen LogP contribution in [0, 0.1) is 11.8 Å². The fraction of sp³-hybridized carbons (Fsp3) is 0.412. The van der Waals surface area contributed by atoms with Gasteiger partial charge in [-0.15, -0.1) is 11.6 Å². The average molecular weight is 336 g/mol. The van der Waals surface area contributed by atoms with Gasteiger partial charge in [0.2, 0.25) is 0 Å². The molecule has 1 aliphatic carbocycles. The molecule has 1 aromatic carbocycles. The van der Waals surface area contributed by atoms with Crippen LogP contribution in [0.15, 0.2) is 42.6 Å². The predicted octanol–water partition coefficient (Wildman–Crippen LogP) is 2.94. The van der Waals surface area contributed by atoms with Crippen LogP contribution in [0.3, 0.4) is 0 Å². The lowest BCUT2D eigenvalue weighted by molar-refractivity contribution is -0.150. The Morgan fingerprint density at radius 2 is 2.09 bits per heavy atom. The summed E-state index contributed by atoms with van der Waals surface area (Å²) in [5.74, 6) is -0.360. The molecule has 0 N–H and O–H groups in total. The molecule has 0 radical (unpaired) electrons. The molecule has 3 rings (SSSR count). The maximum Gasteiger partial charge on any atom is 0.414 e. The third kappa shape index (κ3) is 2.93.